The number of aryl methyl sites for hydroxylation is 1. The number of benzene rings is 1. The zero-order valence-electron chi connectivity index (χ0n) is 13.7. The number of nitrogens with zero attached hydrogens (tertiary/aromatic N) is 3. The molecule has 24 heavy (non-hydrogen) atoms. The average molecular weight is 330 g/mol. The first-order valence-corrected chi connectivity index (χ1v) is 8.29. The van der Waals surface area contributed by atoms with Gasteiger partial charge in [0, 0.05) is 18.7 Å². The highest BCUT2D eigenvalue weighted by Crippen LogP contribution is 2.24. The van der Waals surface area contributed by atoms with Crippen molar-refractivity contribution in [3.8, 4) is 0 Å². The predicted molar refractivity (Wildman–Crippen MR) is 88.6 cm³/mol. The summed E-state index contributed by atoms with van der Waals surface area (Å²) in [6.07, 6.45) is 2.49. The maximum absolute atomic E-state index is 12.8. The van der Waals surface area contributed by atoms with Gasteiger partial charge in [-0.25, -0.2) is 0 Å². The number of likely N-dealkylation sites (tertiary alicyclic amines) is 1. The summed E-state index contributed by atoms with van der Waals surface area (Å²) in [7, 11) is 0. The van der Waals surface area contributed by atoms with Gasteiger partial charge in [0.15, 0.2) is 5.82 Å². The molecule has 2 heterocycles. The van der Waals surface area contributed by atoms with E-state index in [-0.39, 0.29) is 18.6 Å². The fourth-order valence-corrected chi connectivity index (χ4v) is 2.95. The van der Waals surface area contributed by atoms with Crippen molar-refractivity contribution in [1.82, 2.24) is 15.0 Å². The van der Waals surface area contributed by atoms with Crippen molar-refractivity contribution < 1.29 is 14.4 Å². The van der Waals surface area contributed by atoms with Crippen LogP contribution in [0.2, 0.25) is 0 Å². The van der Waals surface area contributed by atoms with Crippen LogP contribution in [0.1, 0.15) is 41.8 Å². The third kappa shape index (κ3) is 3.41. The first-order valence-electron chi connectivity index (χ1n) is 8.29. The van der Waals surface area contributed by atoms with Gasteiger partial charge in [0.1, 0.15) is 0 Å². The van der Waals surface area contributed by atoms with Crippen LogP contribution in [0, 0.1) is 0 Å². The zero-order valence-corrected chi connectivity index (χ0v) is 13.7. The maximum Gasteiger partial charge on any atom is 0.256 e. The Hall–Kier alpha value is -2.41. The van der Waals surface area contributed by atoms with Gasteiger partial charge >= 0.3 is 0 Å². The number of aliphatic hydroxyl groups excluding tert-OH is 1. The van der Waals surface area contributed by atoms with Gasteiger partial charge in [0.2, 0.25) is 5.89 Å². The highest BCUT2D eigenvalue weighted by Gasteiger charge is 2.29. The molecule has 0 saturated carbocycles. The number of carbonyl (C=O) groups is 1. The minimum Gasteiger partial charge on any atom is -0.394 e. The Balaban J connectivity index is 1.73. The molecule has 2 aromatic rings. The molecule has 0 radical (unpaired) electrons. The number of hydrogen-bond donors (Lipinski definition) is 2. The van der Waals surface area contributed by atoms with Crippen molar-refractivity contribution in [2.24, 2.45) is 0 Å². The van der Waals surface area contributed by atoms with Crippen molar-refractivity contribution in [1.29, 1.82) is 0 Å². The number of aromatic nitrogens is 2. The summed E-state index contributed by atoms with van der Waals surface area (Å²) in [5.74, 6) is 1.09. The normalized spacial score (nSPS) is 17.2. The summed E-state index contributed by atoms with van der Waals surface area (Å²) in [6.45, 7) is 3.01. The molecule has 1 fully saturated rings. The van der Waals surface area contributed by atoms with Crippen LogP contribution in [0.25, 0.3) is 0 Å². The minimum absolute atomic E-state index is 0.00309. The van der Waals surface area contributed by atoms with E-state index in [0.717, 1.165) is 24.9 Å². The number of aliphatic hydroxyl groups is 1. The number of amides is 1. The van der Waals surface area contributed by atoms with E-state index in [4.69, 9.17) is 4.52 Å². The third-order valence-corrected chi connectivity index (χ3v) is 4.26. The van der Waals surface area contributed by atoms with Gasteiger partial charge in [-0.1, -0.05) is 24.2 Å². The Bertz CT molecular complexity index is 701. The first kappa shape index (κ1) is 16.4. The number of hydrogen-bond acceptors (Lipinski definition) is 6. The van der Waals surface area contributed by atoms with Gasteiger partial charge in [-0.15, -0.1) is 0 Å². The summed E-state index contributed by atoms with van der Waals surface area (Å²) in [5, 5.41) is 16.5. The number of rotatable bonds is 6. The Kier molecular flexibility index (Phi) is 5.10. The number of anilines is 1. The summed E-state index contributed by atoms with van der Waals surface area (Å²) in [4.78, 5) is 18.8. The van der Waals surface area contributed by atoms with Crippen molar-refractivity contribution >= 4 is 11.6 Å². The van der Waals surface area contributed by atoms with Crippen LogP contribution in [0.4, 0.5) is 5.69 Å². The van der Waals surface area contributed by atoms with Gasteiger partial charge in [0.05, 0.1) is 24.8 Å². The second kappa shape index (κ2) is 7.44. The first-order chi connectivity index (χ1) is 11.7. The Labute approximate surface area is 140 Å². The number of carbonyl (C=O) groups excluding carboxylic acids is 1. The lowest BCUT2D eigenvalue weighted by Crippen LogP contribution is -2.37. The van der Waals surface area contributed by atoms with Crippen LogP contribution in [0.3, 0.4) is 0 Å². The van der Waals surface area contributed by atoms with Gasteiger partial charge in [-0.2, -0.15) is 4.98 Å². The topological polar surface area (TPSA) is 91.5 Å². The second-order valence-corrected chi connectivity index (χ2v) is 5.83. The van der Waals surface area contributed by atoms with E-state index in [2.05, 4.69) is 15.5 Å². The molecular weight excluding hydrogens is 308 g/mol. The molecule has 0 spiro atoms. The maximum atomic E-state index is 12.8. The molecule has 7 nitrogen and oxygen atoms in total. The quantitative estimate of drug-likeness (QED) is 0.840. The molecule has 128 valence electrons. The highest BCUT2D eigenvalue weighted by molar-refractivity contribution is 5.99. The molecule has 1 aliphatic heterocycles. The standard InChI is InChI=1S/C17H22N4O3/c1-2-15-19-16(24-20-15)10-18-14-8-4-3-7-13(14)17(23)21-9-5-6-12(21)11-22/h3-4,7-8,12,18,22H,2,5-6,9-11H2,1H3. The van der Waals surface area contributed by atoms with E-state index < -0.39 is 0 Å². The van der Waals surface area contributed by atoms with Crippen LogP contribution < -0.4 is 5.32 Å². The molecule has 3 rings (SSSR count). The van der Waals surface area contributed by atoms with Crippen LogP contribution >= 0.6 is 0 Å². The Morgan fingerprint density at radius 1 is 1.46 bits per heavy atom. The van der Waals surface area contributed by atoms with E-state index in [1.54, 1.807) is 11.0 Å². The zero-order chi connectivity index (χ0) is 16.9. The molecular formula is C17H22N4O3. The Morgan fingerprint density at radius 2 is 2.29 bits per heavy atom. The lowest BCUT2D eigenvalue weighted by atomic mass is 10.1. The summed E-state index contributed by atoms with van der Waals surface area (Å²) in [6, 6.07) is 7.27. The fraction of sp³-hybridized carbons (Fsp3) is 0.471. The lowest BCUT2D eigenvalue weighted by molar-refractivity contribution is 0.0678. The molecule has 0 bridgehead atoms. The van der Waals surface area contributed by atoms with E-state index in [0.29, 0.717) is 30.4 Å². The monoisotopic (exact) mass is 330 g/mol. The third-order valence-electron chi connectivity index (χ3n) is 4.26. The highest BCUT2D eigenvalue weighted by atomic mass is 16.5. The molecule has 1 saturated heterocycles. The van der Waals surface area contributed by atoms with Gasteiger partial charge in [0.25, 0.3) is 5.91 Å². The molecule has 7 heteroatoms. The Morgan fingerprint density at radius 3 is 3.04 bits per heavy atom. The average Bonchev–Trinajstić information content (AvgIpc) is 3.28. The van der Waals surface area contributed by atoms with Crippen LogP contribution in [-0.4, -0.2) is 45.2 Å². The second-order valence-electron chi connectivity index (χ2n) is 5.83. The minimum atomic E-state index is -0.0893. The summed E-state index contributed by atoms with van der Waals surface area (Å²) < 4.78 is 5.16. The molecule has 0 aliphatic carbocycles. The molecule has 1 atom stereocenters. The number of nitrogens with one attached hydrogen (secondary N) is 1. The molecule has 2 N–H and O–H groups in total. The molecule has 1 unspecified atom stereocenters. The summed E-state index contributed by atoms with van der Waals surface area (Å²) in [5.41, 5.74) is 1.32. The van der Waals surface area contributed by atoms with Crippen molar-refractivity contribution in [2.75, 3.05) is 18.5 Å². The van der Waals surface area contributed by atoms with Gasteiger partial charge in [-0.3, -0.25) is 4.79 Å². The molecule has 1 aliphatic rings. The van der Waals surface area contributed by atoms with E-state index in [1.807, 2.05) is 25.1 Å². The lowest BCUT2D eigenvalue weighted by Gasteiger charge is -2.24. The van der Waals surface area contributed by atoms with Crippen LogP contribution in [-0.2, 0) is 13.0 Å². The smallest absolute Gasteiger partial charge is 0.256 e. The predicted octanol–water partition coefficient (Wildman–Crippen LogP) is 1.84. The number of para-hydroxylation sites is 1. The van der Waals surface area contributed by atoms with Crippen molar-refractivity contribution in [3.63, 3.8) is 0 Å². The van der Waals surface area contributed by atoms with E-state index in [1.165, 1.54) is 0 Å². The molecule has 1 aromatic carbocycles. The largest absolute Gasteiger partial charge is 0.394 e. The van der Waals surface area contributed by atoms with Crippen molar-refractivity contribution in [2.45, 2.75) is 38.8 Å². The molecule has 1 amide bonds. The SMILES string of the molecule is CCc1noc(CNc2ccccc2C(=O)N2CCCC2CO)n1. The van der Waals surface area contributed by atoms with Crippen molar-refractivity contribution in [3.05, 3.63) is 41.5 Å². The van der Waals surface area contributed by atoms with Crippen LogP contribution in [0.5, 0.6) is 0 Å². The van der Waals surface area contributed by atoms with Gasteiger partial charge in [-0.05, 0) is 25.0 Å². The van der Waals surface area contributed by atoms with Crippen LogP contribution in [0.15, 0.2) is 28.8 Å². The molecule has 1 aromatic heterocycles. The summed E-state index contributed by atoms with van der Waals surface area (Å²) >= 11 is 0. The fourth-order valence-electron chi connectivity index (χ4n) is 2.95. The van der Waals surface area contributed by atoms with E-state index in [9.17, 15) is 9.90 Å². The van der Waals surface area contributed by atoms with Gasteiger partial charge < -0.3 is 19.8 Å². The van der Waals surface area contributed by atoms with E-state index >= 15 is 0 Å².